The number of pyridine rings is 1. The van der Waals surface area contributed by atoms with Gasteiger partial charge in [-0.05, 0) is 35.2 Å². The van der Waals surface area contributed by atoms with Gasteiger partial charge in [0.25, 0.3) is 11.8 Å². The number of nitrogens with two attached hydrogens (primary N) is 1. The topological polar surface area (TPSA) is 122 Å². The van der Waals surface area contributed by atoms with Gasteiger partial charge in [-0.25, -0.2) is 0 Å². The average Bonchev–Trinajstić information content (AvgIpc) is 3.09. The van der Waals surface area contributed by atoms with Crippen LogP contribution < -0.4 is 11.1 Å². The Morgan fingerprint density at radius 1 is 1.26 bits per heavy atom. The van der Waals surface area contributed by atoms with E-state index in [1.165, 1.54) is 11.1 Å². The van der Waals surface area contributed by atoms with Gasteiger partial charge in [0.1, 0.15) is 11.7 Å². The van der Waals surface area contributed by atoms with Crippen LogP contribution in [0.1, 0.15) is 63.2 Å². The van der Waals surface area contributed by atoms with Crippen molar-refractivity contribution in [1.82, 2.24) is 15.2 Å². The lowest BCUT2D eigenvalue weighted by molar-refractivity contribution is -0.136. The number of hydrogen-bond donors (Lipinski definition) is 2. The van der Waals surface area contributed by atoms with E-state index >= 15 is 0 Å². The second-order valence-corrected chi connectivity index (χ2v) is 7.73. The van der Waals surface area contributed by atoms with Crippen LogP contribution in [0, 0.1) is 0 Å². The molecular weight excluding hydrogens is 396 g/mol. The van der Waals surface area contributed by atoms with Crippen LogP contribution in [-0.2, 0) is 16.1 Å². The third kappa shape index (κ3) is 3.84. The molecular formula is C23H22N4O4. The van der Waals surface area contributed by atoms with Crippen molar-refractivity contribution in [2.24, 2.45) is 5.73 Å². The highest BCUT2D eigenvalue weighted by Gasteiger charge is 2.39. The molecule has 2 aliphatic rings. The minimum absolute atomic E-state index is 0.129. The number of imide groups is 1. The van der Waals surface area contributed by atoms with E-state index in [0.717, 1.165) is 16.7 Å². The second kappa shape index (κ2) is 8.14. The van der Waals surface area contributed by atoms with Crippen LogP contribution in [0.5, 0.6) is 0 Å². The van der Waals surface area contributed by atoms with Gasteiger partial charge in [0, 0.05) is 30.6 Å². The van der Waals surface area contributed by atoms with Gasteiger partial charge >= 0.3 is 0 Å². The van der Waals surface area contributed by atoms with Gasteiger partial charge in [0.15, 0.2) is 0 Å². The maximum absolute atomic E-state index is 12.9. The summed E-state index contributed by atoms with van der Waals surface area (Å²) in [4.78, 5) is 53.9. The molecule has 3 N–H and O–H groups in total. The Bertz CT molecular complexity index is 1120. The molecule has 31 heavy (non-hydrogen) atoms. The molecule has 4 rings (SSSR count). The Hall–Kier alpha value is -3.81. The number of piperidine rings is 1. The average molecular weight is 418 g/mol. The van der Waals surface area contributed by atoms with Crippen molar-refractivity contribution in [2.75, 3.05) is 0 Å². The van der Waals surface area contributed by atoms with Gasteiger partial charge in [-0.1, -0.05) is 37.3 Å². The highest BCUT2D eigenvalue weighted by Crippen LogP contribution is 2.31. The first kappa shape index (κ1) is 20.5. The lowest BCUT2D eigenvalue weighted by Crippen LogP contribution is -2.52. The smallest absolute Gasteiger partial charge is 0.267 e. The minimum atomic E-state index is -0.651. The predicted molar refractivity (Wildman–Crippen MR) is 113 cm³/mol. The number of fused-ring (bicyclic) bond motifs is 1. The maximum atomic E-state index is 12.9. The number of carbonyl (C=O) groups is 4. The fraction of sp³-hybridized carbons (Fsp3) is 0.261. The first-order valence-electron chi connectivity index (χ1n) is 10.1. The molecule has 0 spiro atoms. The van der Waals surface area contributed by atoms with Crippen molar-refractivity contribution in [1.29, 1.82) is 0 Å². The zero-order valence-electron chi connectivity index (χ0n) is 17.0. The van der Waals surface area contributed by atoms with Crippen LogP contribution >= 0.6 is 0 Å². The number of nitrogens with zero attached hydrogens (tertiary/aromatic N) is 2. The van der Waals surface area contributed by atoms with Gasteiger partial charge in [0.2, 0.25) is 11.8 Å². The van der Waals surface area contributed by atoms with Crippen molar-refractivity contribution >= 4 is 29.7 Å². The molecule has 158 valence electrons. The number of primary amides is 1. The zero-order chi connectivity index (χ0) is 22.1. The fourth-order valence-corrected chi connectivity index (χ4v) is 4.11. The summed E-state index contributed by atoms with van der Waals surface area (Å²) in [7, 11) is 0. The number of allylic oxidation sites excluding steroid dienone is 1. The number of amides is 4. The van der Waals surface area contributed by atoms with E-state index in [4.69, 9.17) is 5.73 Å². The summed E-state index contributed by atoms with van der Waals surface area (Å²) in [6, 6.07) is 8.36. The van der Waals surface area contributed by atoms with Crippen molar-refractivity contribution in [3.8, 4) is 0 Å². The second-order valence-electron chi connectivity index (χ2n) is 7.73. The molecule has 0 saturated carbocycles. The largest absolute Gasteiger partial charge is 0.364 e. The number of rotatable bonds is 5. The molecule has 3 heterocycles. The minimum Gasteiger partial charge on any atom is -0.364 e. The lowest BCUT2D eigenvalue weighted by atomic mass is 9.96. The molecule has 0 radical (unpaired) electrons. The van der Waals surface area contributed by atoms with Crippen LogP contribution in [0.15, 0.2) is 42.6 Å². The molecule has 1 aromatic heterocycles. The summed E-state index contributed by atoms with van der Waals surface area (Å²) in [5, 5.41) is 2.31. The van der Waals surface area contributed by atoms with Gasteiger partial charge in [-0.2, -0.15) is 0 Å². The maximum Gasteiger partial charge on any atom is 0.267 e. The Balaban J connectivity index is 1.59. The van der Waals surface area contributed by atoms with Gasteiger partial charge in [0.05, 0.1) is 0 Å². The van der Waals surface area contributed by atoms with E-state index in [9.17, 15) is 19.2 Å². The molecule has 2 atom stereocenters. The molecule has 1 saturated heterocycles. The fourth-order valence-electron chi connectivity index (χ4n) is 4.11. The molecule has 4 amide bonds. The van der Waals surface area contributed by atoms with Gasteiger partial charge in [-0.3, -0.25) is 29.5 Å². The summed E-state index contributed by atoms with van der Waals surface area (Å²) in [6.45, 7) is 2.23. The Morgan fingerprint density at radius 2 is 2.06 bits per heavy atom. The summed E-state index contributed by atoms with van der Waals surface area (Å²) in [5.41, 5.74) is 8.64. The van der Waals surface area contributed by atoms with Crippen molar-refractivity contribution in [3.63, 3.8) is 0 Å². The Labute approximate surface area is 179 Å². The SMILES string of the molecule is C[C@@H](/C=C/c1cccc2c1CN(C1CCC(=O)NC1=O)C2=O)c1cccnc1C(N)=O. The molecule has 1 aromatic carbocycles. The molecule has 0 bridgehead atoms. The van der Waals surface area contributed by atoms with Gasteiger partial charge in [-0.15, -0.1) is 0 Å². The molecule has 1 unspecified atom stereocenters. The van der Waals surface area contributed by atoms with E-state index in [2.05, 4.69) is 10.3 Å². The van der Waals surface area contributed by atoms with Crippen LogP contribution in [-0.4, -0.2) is 39.6 Å². The molecule has 2 aliphatic heterocycles. The Kier molecular flexibility index (Phi) is 5.37. The van der Waals surface area contributed by atoms with Crippen LogP contribution in [0.25, 0.3) is 6.08 Å². The summed E-state index contributed by atoms with van der Waals surface area (Å²) in [6.07, 6.45) is 5.90. The van der Waals surface area contributed by atoms with Crippen molar-refractivity contribution in [3.05, 3.63) is 70.6 Å². The quantitative estimate of drug-likeness (QED) is 0.717. The highest BCUT2D eigenvalue weighted by atomic mass is 16.2. The molecule has 8 nitrogen and oxygen atoms in total. The van der Waals surface area contributed by atoms with E-state index in [0.29, 0.717) is 18.5 Å². The van der Waals surface area contributed by atoms with E-state index in [1.807, 2.05) is 31.2 Å². The van der Waals surface area contributed by atoms with Crippen LogP contribution in [0.3, 0.4) is 0 Å². The zero-order valence-corrected chi connectivity index (χ0v) is 17.0. The number of hydrogen-bond acceptors (Lipinski definition) is 5. The van der Waals surface area contributed by atoms with Crippen LogP contribution in [0.4, 0.5) is 0 Å². The third-order valence-electron chi connectivity index (χ3n) is 5.75. The highest BCUT2D eigenvalue weighted by molar-refractivity contribution is 6.05. The number of benzene rings is 1. The third-order valence-corrected chi connectivity index (χ3v) is 5.75. The van der Waals surface area contributed by atoms with Crippen LogP contribution in [0.2, 0.25) is 0 Å². The molecule has 1 fully saturated rings. The summed E-state index contributed by atoms with van der Waals surface area (Å²) in [5.74, 6) is -1.67. The normalized spacial score (nSPS) is 19.5. The van der Waals surface area contributed by atoms with E-state index < -0.39 is 17.9 Å². The summed E-state index contributed by atoms with van der Waals surface area (Å²) < 4.78 is 0. The van der Waals surface area contributed by atoms with Crippen molar-refractivity contribution in [2.45, 2.75) is 38.3 Å². The molecule has 0 aliphatic carbocycles. The first-order valence-corrected chi connectivity index (χ1v) is 10.1. The number of aromatic nitrogens is 1. The monoisotopic (exact) mass is 418 g/mol. The predicted octanol–water partition coefficient (Wildman–Crippen LogP) is 1.76. The summed E-state index contributed by atoms with van der Waals surface area (Å²) >= 11 is 0. The first-order chi connectivity index (χ1) is 14.9. The van der Waals surface area contributed by atoms with Gasteiger partial charge < -0.3 is 10.6 Å². The van der Waals surface area contributed by atoms with E-state index in [-0.39, 0.29) is 29.8 Å². The van der Waals surface area contributed by atoms with Crippen molar-refractivity contribution < 1.29 is 19.2 Å². The van der Waals surface area contributed by atoms with E-state index in [1.54, 1.807) is 18.2 Å². The number of nitrogens with one attached hydrogen (secondary N) is 1. The Morgan fingerprint density at radius 3 is 2.81 bits per heavy atom. The molecule has 8 heteroatoms. The lowest BCUT2D eigenvalue weighted by Gasteiger charge is -2.29. The standard InChI is InChI=1S/C23H22N4O4/c1-13(15-6-3-11-25-20(15)21(24)29)7-8-14-4-2-5-16-17(14)12-27(23(16)31)18-9-10-19(28)26-22(18)30/h2-8,11,13,18H,9-10,12H2,1H3,(H2,24,29)(H,26,28,30)/b8-7+/t13-,18?/m0/s1. The molecule has 2 aromatic rings. The number of carbonyl (C=O) groups excluding carboxylic acids is 4.